The van der Waals surface area contributed by atoms with Crippen molar-refractivity contribution >= 4 is 15.7 Å². The number of imidazole rings is 1. The van der Waals surface area contributed by atoms with Gasteiger partial charge in [-0.15, -0.1) is 0 Å². The van der Waals surface area contributed by atoms with Crippen LogP contribution in [0.4, 0.5) is 5.69 Å². The molecule has 0 aliphatic carbocycles. The fourth-order valence-electron chi connectivity index (χ4n) is 2.70. The van der Waals surface area contributed by atoms with Crippen LogP contribution < -0.4 is 9.47 Å². The molecule has 1 aromatic heterocycles. The van der Waals surface area contributed by atoms with Crippen molar-refractivity contribution in [2.24, 2.45) is 0 Å². The molecule has 0 fully saturated rings. The zero-order valence-corrected chi connectivity index (χ0v) is 16.1. The lowest BCUT2D eigenvalue weighted by molar-refractivity contribution is -0.385. The summed E-state index contributed by atoms with van der Waals surface area (Å²) >= 11 is 0. The van der Waals surface area contributed by atoms with Crippen molar-refractivity contribution in [1.82, 2.24) is 8.96 Å². The van der Waals surface area contributed by atoms with E-state index in [1.54, 1.807) is 12.1 Å². The standard InChI is InChI=1S/C18H17N3O6S/c1-12-4-6-13(7-5-12)28(24,25)20-9-8-19-18(20)14-10-15(21(22)23)17(27-3)11-16(14)26-2/h4-11H,1-3H3. The summed E-state index contributed by atoms with van der Waals surface area (Å²) in [6, 6.07) is 8.85. The lowest BCUT2D eigenvalue weighted by Crippen LogP contribution is -2.14. The summed E-state index contributed by atoms with van der Waals surface area (Å²) in [5.74, 6) is 0.169. The van der Waals surface area contributed by atoms with Crippen LogP contribution in [0, 0.1) is 17.0 Å². The molecule has 1 heterocycles. The molecule has 0 aliphatic heterocycles. The van der Waals surface area contributed by atoms with Gasteiger partial charge in [0.1, 0.15) is 5.75 Å². The molecule has 10 heteroatoms. The molecular weight excluding hydrogens is 386 g/mol. The highest BCUT2D eigenvalue weighted by Crippen LogP contribution is 2.39. The van der Waals surface area contributed by atoms with Crippen molar-refractivity contribution in [3.8, 4) is 22.9 Å². The summed E-state index contributed by atoms with van der Waals surface area (Å²) in [5, 5.41) is 11.4. The number of hydrogen-bond donors (Lipinski definition) is 0. The van der Waals surface area contributed by atoms with Crippen LogP contribution in [-0.2, 0) is 10.0 Å². The third kappa shape index (κ3) is 3.29. The van der Waals surface area contributed by atoms with Crippen LogP contribution in [0.5, 0.6) is 11.5 Å². The average Bonchev–Trinajstić information content (AvgIpc) is 3.17. The van der Waals surface area contributed by atoms with E-state index in [0.29, 0.717) is 0 Å². The molecule has 0 aliphatic rings. The van der Waals surface area contributed by atoms with E-state index in [9.17, 15) is 18.5 Å². The SMILES string of the molecule is COc1cc(OC)c([N+](=O)[O-])cc1-c1nccn1S(=O)(=O)c1ccc(C)cc1. The van der Waals surface area contributed by atoms with Gasteiger partial charge < -0.3 is 9.47 Å². The van der Waals surface area contributed by atoms with Crippen LogP contribution in [-0.4, -0.2) is 36.5 Å². The van der Waals surface area contributed by atoms with Gasteiger partial charge in [0.15, 0.2) is 5.82 Å². The summed E-state index contributed by atoms with van der Waals surface area (Å²) in [4.78, 5) is 14.9. The molecule has 0 atom stereocenters. The first kappa shape index (κ1) is 19.4. The fourth-order valence-corrected chi connectivity index (χ4v) is 3.99. The van der Waals surface area contributed by atoms with Crippen molar-refractivity contribution in [2.75, 3.05) is 14.2 Å². The lowest BCUT2D eigenvalue weighted by Gasteiger charge is -2.13. The maximum atomic E-state index is 13.1. The highest BCUT2D eigenvalue weighted by Gasteiger charge is 2.26. The van der Waals surface area contributed by atoms with E-state index < -0.39 is 14.9 Å². The summed E-state index contributed by atoms with van der Waals surface area (Å²) < 4.78 is 37.4. The van der Waals surface area contributed by atoms with E-state index >= 15 is 0 Å². The lowest BCUT2D eigenvalue weighted by atomic mass is 10.1. The molecule has 0 N–H and O–H groups in total. The molecule has 146 valence electrons. The van der Waals surface area contributed by atoms with Crippen LogP contribution in [0.15, 0.2) is 53.7 Å². The van der Waals surface area contributed by atoms with Crippen molar-refractivity contribution in [2.45, 2.75) is 11.8 Å². The Morgan fingerprint density at radius 2 is 1.71 bits per heavy atom. The van der Waals surface area contributed by atoms with Gasteiger partial charge in [-0.05, 0) is 19.1 Å². The first-order chi connectivity index (χ1) is 13.3. The molecule has 0 saturated heterocycles. The van der Waals surface area contributed by atoms with Gasteiger partial charge in [0.05, 0.1) is 29.6 Å². The van der Waals surface area contributed by atoms with Crippen molar-refractivity contribution in [1.29, 1.82) is 0 Å². The van der Waals surface area contributed by atoms with E-state index in [1.807, 2.05) is 6.92 Å². The number of rotatable bonds is 6. The second kappa shape index (κ2) is 7.31. The molecular formula is C18H17N3O6S. The maximum absolute atomic E-state index is 13.1. The number of ether oxygens (including phenoxy) is 2. The Hall–Kier alpha value is -3.40. The highest BCUT2D eigenvalue weighted by atomic mass is 32.2. The fraction of sp³-hybridized carbons (Fsp3) is 0.167. The average molecular weight is 403 g/mol. The van der Waals surface area contributed by atoms with Gasteiger partial charge in [-0.3, -0.25) is 10.1 Å². The molecule has 0 amide bonds. The van der Waals surface area contributed by atoms with E-state index in [4.69, 9.17) is 9.47 Å². The van der Waals surface area contributed by atoms with Crippen LogP contribution in [0.2, 0.25) is 0 Å². The van der Waals surface area contributed by atoms with Crippen LogP contribution in [0.3, 0.4) is 0 Å². The molecule has 3 aromatic rings. The van der Waals surface area contributed by atoms with Gasteiger partial charge in [0.2, 0.25) is 5.75 Å². The molecule has 0 saturated carbocycles. The summed E-state index contributed by atoms with van der Waals surface area (Å²) in [5.41, 5.74) is 0.730. The topological polar surface area (TPSA) is 114 Å². The normalized spacial score (nSPS) is 11.2. The predicted molar refractivity (Wildman–Crippen MR) is 101 cm³/mol. The number of nitrogens with zero attached hydrogens (tertiary/aromatic N) is 3. The Balaban J connectivity index is 2.23. The molecule has 0 radical (unpaired) electrons. The number of aromatic nitrogens is 2. The number of nitro groups is 1. The number of nitro benzene ring substituents is 1. The Morgan fingerprint density at radius 3 is 2.29 bits per heavy atom. The van der Waals surface area contributed by atoms with E-state index in [2.05, 4.69) is 4.98 Å². The molecule has 0 spiro atoms. The highest BCUT2D eigenvalue weighted by molar-refractivity contribution is 7.90. The van der Waals surface area contributed by atoms with Gasteiger partial charge in [0.25, 0.3) is 10.0 Å². The number of methoxy groups -OCH3 is 2. The molecule has 0 unspecified atom stereocenters. The second-order valence-corrected chi connectivity index (χ2v) is 7.66. The van der Waals surface area contributed by atoms with E-state index in [1.165, 1.54) is 50.9 Å². The second-order valence-electron chi connectivity index (χ2n) is 5.85. The van der Waals surface area contributed by atoms with Crippen molar-refractivity contribution < 1.29 is 22.8 Å². The largest absolute Gasteiger partial charge is 0.496 e. The third-order valence-corrected chi connectivity index (χ3v) is 5.80. The minimum Gasteiger partial charge on any atom is -0.496 e. The minimum absolute atomic E-state index is 0.00917. The van der Waals surface area contributed by atoms with Gasteiger partial charge in [-0.25, -0.2) is 17.4 Å². The van der Waals surface area contributed by atoms with E-state index in [0.717, 1.165) is 9.54 Å². The molecule has 28 heavy (non-hydrogen) atoms. The minimum atomic E-state index is -3.97. The summed E-state index contributed by atoms with van der Waals surface area (Å²) in [6.45, 7) is 1.85. The third-order valence-electron chi connectivity index (χ3n) is 4.12. The predicted octanol–water partition coefficient (Wildman–Crippen LogP) is 3.02. The van der Waals surface area contributed by atoms with Gasteiger partial charge >= 0.3 is 5.69 Å². The van der Waals surface area contributed by atoms with Gasteiger partial charge in [-0.1, -0.05) is 17.7 Å². The Labute approximate surface area is 161 Å². The summed E-state index contributed by atoms with van der Waals surface area (Å²) in [7, 11) is -1.30. The number of benzene rings is 2. The van der Waals surface area contributed by atoms with Crippen molar-refractivity contribution in [3.63, 3.8) is 0 Å². The quantitative estimate of drug-likeness (QED) is 0.459. The summed E-state index contributed by atoms with van der Waals surface area (Å²) in [6.07, 6.45) is 2.58. The van der Waals surface area contributed by atoms with Crippen LogP contribution in [0.25, 0.3) is 11.4 Å². The number of aryl methyl sites for hydroxylation is 1. The molecule has 2 aromatic carbocycles. The smallest absolute Gasteiger partial charge is 0.311 e. The Bertz CT molecular complexity index is 1140. The molecule has 3 rings (SSSR count). The van der Waals surface area contributed by atoms with E-state index in [-0.39, 0.29) is 33.5 Å². The molecule has 9 nitrogen and oxygen atoms in total. The zero-order chi connectivity index (χ0) is 20.5. The Morgan fingerprint density at radius 1 is 1.07 bits per heavy atom. The van der Waals surface area contributed by atoms with Crippen molar-refractivity contribution in [3.05, 3.63) is 64.5 Å². The number of hydrogen-bond acceptors (Lipinski definition) is 7. The van der Waals surface area contributed by atoms with Gasteiger partial charge in [-0.2, -0.15) is 0 Å². The first-order valence-electron chi connectivity index (χ1n) is 8.06. The monoisotopic (exact) mass is 403 g/mol. The Kier molecular flexibility index (Phi) is 5.06. The van der Waals surface area contributed by atoms with Gasteiger partial charge in [0, 0.05) is 24.5 Å². The van der Waals surface area contributed by atoms with Crippen LogP contribution >= 0.6 is 0 Å². The molecule has 0 bridgehead atoms. The first-order valence-corrected chi connectivity index (χ1v) is 9.50. The zero-order valence-electron chi connectivity index (χ0n) is 15.3. The van der Waals surface area contributed by atoms with Crippen LogP contribution in [0.1, 0.15) is 5.56 Å². The maximum Gasteiger partial charge on any atom is 0.311 e.